The summed E-state index contributed by atoms with van der Waals surface area (Å²) < 4.78 is 4.87. The third-order valence-corrected chi connectivity index (χ3v) is 2.74. The van der Waals surface area contributed by atoms with Crippen LogP contribution >= 0.6 is 0 Å². The molecule has 1 aromatic carbocycles. The number of hydrogen-bond acceptors (Lipinski definition) is 3. The van der Waals surface area contributed by atoms with Gasteiger partial charge in [-0.3, -0.25) is 9.59 Å². The number of anilines is 1. The fourth-order valence-corrected chi connectivity index (χ4v) is 1.96. The standard InChI is InChI=1S/C13H14NO3/c1-10(15)17-9-8-14-12-5-3-2-4-11(12)6-7-13(14)16/h3-5H,6-9H2,1H3. The molecule has 0 fully saturated rings. The van der Waals surface area contributed by atoms with Crippen molar-refractivity contribution in [3.63, 3.8) is 0 Å². The Bertz CT molecular complexity index is 442. The van der Waals surface area contributed by atoms with E-state index in [2.05, 4.69) is 6.07 Å². The molecule has 1 aliphatic heterocycles. The second kappa shape index (κ2) is 4.99. The van der Waals surface area contributed by atoms with Crippen molar-refractivity contribution < 1.29 is 14.3 Å². The van der Waals surface area contributed by atoms with Crippen molar-refractivity contribution in [2.45, 2.75) is 19.8 Å². The number of benzene rings is 1. The smallest absolute Gasteiger partial charge is 0.302 e. The lowest BCUT2D eigenvalue weighted by Gasteiger charge is -2.29. The molecule has 1 radical (unpaired) electrons. The Morgan fingerprint density at radius 3 is 3.12 bits per heavy atom. The maximum atomic E-state index is 11.8. The van der Waals surface area contributed by atoms with Crippen LogP contribution in [0.25, 0.3) is 0 Å². The lowest BCUT2D eigenvalue weighted by Crippen LogP contribution is -2.37. The SMILES string of the molecule is CC(=O)OCCN1C(=O)CCc2c[c]ccc21. The summed E-state index contributed by atoms with van der Waals surface area (Å²) in [6.07, 6.45) is 1.26. The van der Waals surface area contributed by atoms with Crippen LogP contribution in [0.4, 0.5) is 5.69 Å². The molecule has 1 heterocycles. The monoisotopic (exact) mass is 232 g/mol. The predicted octanol–water partition coefficient (Wildman–Crippen LogP) is 1.33. The molecule has 1 amide bonds. The second-order valence-electron chi connectivity index (χ2n) is 3.94. The summed E-state index contributed by atoms with van der Waals surface area (Å²) in [5, 5.41) is 0. The average molecular weight is 232 g/mol. The van der Waals surface area contributed by atoms with Gasteiger partial charge in [-0.2, -0.15) is 0 Å². The summed E-state index contributed by atoms with van der Waals surface area (Å²) in [6, 6.07) is 8.57. The molecule has 0 atom stereocenters. The van der Waals surface area contributed by atoms with Crippen LogP contribution in [0, 0.1) is 6.07 Å². The zero-order chi connectivity index (χ0) is 12.3. The first-order valence-corrected chi connectivity index (χ1v) is 5.61. The van der Waals surface area contributed by atoms with E-state index in [1.807, 2.05) is 12.1 Å². The Labute approximate surface area is 100 Å². The minimum atomic E-state index is -0.323. The Kier molecular flexibility index (Phi) is 3.42. The molecule has 1 aliphatic rings. The van der Waals surface area contributed by atoms with Crippen molar-refractivity contribution in [2.75, 3.05) is 18.1 Å². The van der Waals surface area contributed by atoms with Crippen LogP contribution in [0.3, 0.4) is 0 Å². The molecule has 0 N–H and O–H groups in total. The van der Waals surface area contributed by atoms with E-state index in [0.717, 1.165) is 17.7 Å². The number of carbonyl (C=O) groups excluding carboxylic acids is 2. The predicted molar refractivity (Wildman–Crippen MR) is 62.6 cm³/mol. The van der Waals surface area contributed by atoms with E-state index in [1.54, 1.807) is 11.0 Å². The maximum Gasteiger partial charge on any atom is 0.302 e. The van der Waals surface area contributed by atoms with E-state index in [-0.39, 0.29) is 18.5 Å². The Morgan fingerprint density at radius 2 is 2.35 bits per heavy atom. The van der Waals surface area contributed by atoms with Crippen molar-refractivity contribution in [1.29, 1.82) is 0 Å². The largest absolute Gasteiger partial charge is 0.464 e. The number of nitrogens with zero attached hydrogens (tertiary/aromatic N) is 1. The van der Waals surface area contributed by atoms with Crippen molar-refractivity contribution in [1.82, 2.24) is 0 Å². The van der Waals surface area contributed by atoms with Gasteiger partial charge in [0, 0.05) is 19.0 Å². The van der Waals surface area contributed by atoms with Gasteiger partial charge in [0.15, 0.2) is 0 Å². The van der Waals surface area contributed by atoms with Crippen molar-refractivity contribution >= 4 is 17.6 Å². The number of esters is 1. The van der Waals surface area contributed by atoms with Crippen LogP contribution in [0.1, 0.15) is 18.9 Å². The first-order valence-electron chi connectivity index (χ1n) is 5.61. The van der Waals surface area contributed by atoms with Crippen molar-refractivity contribution in [3.05, 3.63) is 29.8 Å². The van der Waals surface area contributed by atoms with Crippen LogP contribution < -0.4 is 4.90 Å². The molecule has 0 saturated heterocycles. The fraction of sp³-hybridized carbons (Fsp3) is 0.385. The molecule has 17 heavy (non-hydrogen) atoms. The molecule has 4 heteroatoms. The summed E-state index contributed by atoms with van der Waals surface area (Å²) in [5.41, 5.74) is 2.03. The van der Waals surface area contributed by atoms with Crippen LogP contribution in [-0.4, -0.2) is 25.0 Å². The number of ether oxygens (including phenoxy) is 1. The number of carbonyl (C=O) groups is 2. The zero-order valence-electron chi connectivity index (χ0n) is 9.73. The average Bonchev–Trinajstić information content (AvgIpc) is 2.32. The Morgan fingerprint density at radius 1 is 1.53 bits per heavy atom. The summed E-state index contributed by atoms with van der Waals surface area (Å²) in [6.45, 7) is 2.01. The summed E-state index contributed by atoms with van der Waals surface area (Å²) in [5.74, 6) is -0.244. The molecule has 1 aromatic rings. The summed E-state index contributed by atoms with van der Waals surface area (Å²) >= 11 is 0. The van der Waals surface area contributed by atoms with E-state index in [9.17, 15) is 9.59 Å². The van der Waals surface area contributed by atoms with Gasteiger partial charge in [0.25, 0.3) is 0 Å². The van der Waals surface area contributed by atoms with Crippen LogP contribution in [-0.2, 0) is 20.7 Å². The van der Waals surface area contributed by atoms with E-state index in [0.29, 0.717) is 13.0 Å². The lowest BCUT2D eigenvalue weighted by molar-refractivity contribution is -0.141. The van der Waals surface area contributed by atoms with Gasteiger partial charge in [0.2, 0.25) is 5.91 Å². The highest BCUT2D eigenvalue weighted by Crippen LogP contribution is 2.26. The normalized spacial score (nSPS) is 14.4. The Hall–Kier alpha value is -1.84. The molecule has 0 spiro atoms. The van der Waals surface area contributed by atoms with Gasteiger partial charge in [-0.25, -0.2) is 0 Å². The first kappa shape index (κ1) is 11.6. The van der Waals surface area contributed by atoms with Crippen molar-refractivity contribution in [3.8, 4) is 0 Å². The fourth-order valence-electron chi connectivity index (χ4n) is 1.96. The third kappa shape index (κ3) is 2.64. The number of hydrogen-bond donors (Lipinski definition) is 0. The second-order valence-corrected chi connectivity index (χ2v) is 3.94. The highest BCUT2D eigenvalue weighted by atomic mass is 16.5. The van der Waals surface area contributed by atoms with Crippen molar-refractivity contribution in [2.24, 2.45) is 0 Å². The first-order chi connectivity index (χ1) is 8.18. The minimum absolute atomic E-state index is 0.0795. The van der Waals surface area contributed by atoms with Gasteiger partial charge < -0.3 is 9.64 Å². The molecule has 89 valence electrons. The molecule has 0 aliphatic carbocycles. The number of rotatable bonds is 3. The van der Waals surface area contributed by atoms with E-state index in [4.69, 9.17) is 4.74 Å². The van der Waals surface area contributed by atoms with E-state index < -0.39 is 0 Å². The third-order valence-electron chi connectivity index (χ3n) is 2.74. The van der Waals surface area contributed by atoms with Gasteiger partial charge in [-0.15, -0.1) is 0 Å². The highest BCUT2D eigenvalue weighted by Gasteiger charge is 2.23. The lowest BCUT2D eigenvalue weighted by atomic mass is 10.0. The number of amides is 1. The highest BCUT2D eigenvalue weighted by molar-refractivity contribution is 5.96. The van der Waals surface area contributed by atoms with Gasteiger partial charge >= 0.3 is 5.97 Å². The van der Waals surface area contributed by atoms with Gasteiger partial charge in [-0.05, 0) is 30.2 Å². The number of aryl methyl sites for hydroxylation is 1. The molecule has 0 unspecified atom stereocenters. The van der Waals surface area contributed by atoms with E-state index >= 15 is 0 Å². The van der Waals surface area contributed by atoms with Gasteiger partial charge in [0.1, 0.15) is 6.61 Å². The summed E-state index contributed by atoms with van der Waals surface area (Å²) in [4.78, 5) is 24.2. The molecular weight excluding hydrogens is 218 g/mol. The molecule has 2 rings (SSSR count). The quantitative estimate of drug-likeness (QED) is 0.738. The maximum absolute atomic E-state index is 11.8. The van der Waals surface area contributed by atoms with Crippen LogP contribution in [0.5, 0.6) is 0 Å². The van der Waals surface area contributed by atoms with Crippen LogP contribution in [0.15, 0.2) is 18.2 Å². The molecule has 0 bridgehead atoms. The van der Waals surface area contributed by atoms with E-state index in [1.165, 1.54) is 6.92 Å². The van der Waals surface area contributed by atoms with Gasteiger partial charge in [-0.1, -0.05) is 6.07 Å². The summed E-state index contributed by atoms with van der Waals surface area (Å²) in [7, 11) is 0. The molecule has 0 aromatic heterocycles. The topological polar surface area (TPSA) is 46.6 Å². The van der Waals surface area contributed by atoms with Crippen LogP contribution in [0.2, 0.25) is 0 Å². The molecular formula is C13H14NO3. The molecule has 4 nitrogen and oxygen atoms in total. The zero-order valence-corrected chi connectivity index (χ0v) is 9.73. The van der Waals surface area contributed by atoms with Gasteiger partial charge in [0.05, 0.1) is 6.54 Å². The molecule has 0 saturated carbocycles. The Balaban J connectivity index is 2.10. The number of fused-ring (bicyclic) bond motifs is 1. The minimum Gasteiger partial charge on any atom is -0.464 e.